The first-order chi connectivity index (χ1) is 14.6. The molecule has 30 heavy (non-hydrogen) atoms. The SMILES string of the molecule is COc1ccc(NC(=O)Nc2c(-c3ccc(F)cc3)[nH]c3ccccc23)c(OC)c1. The minimum Gasteiger partial charge on any atom is -0.497 e. The van der Waals surface area contributed by atoms with Gasteiger partial charge in [-0.05, 0) is 42.5 Å². The van der Waals surface area contributed by atoms with E-state index in [0.29, 0.717) is 28.6 Å². The van der Waals surface area contributed by atoms with Crippen molar-refractivity contribution >= 4 is 28.3 Å². The van der Waals surface area contributed by atoms with Gasteiger partial charge in [-0.2, -0.15) is 0 Å². The zero-order chi connectivity index (χ0) is 21.1. The molecule has 6 nitrogen and oxygen atoms in total. The summed E-state index contributed by atoms with van der Waals surface area (Å²) in [5.74, 6) is 0.768. The number of rotatable bonds is 5. The van der Waals surface area contributed by atoms with Crippen LogP contribution in [-0.4, -0.2) is 25.2 Å². The van der Waals surface area contributed by atoms with Crippen molar-refractivity contribution in [2.75, 3.05) is 24.9 Å². The highest BCUT2D eigenvalue weighted by atomic mass is 19.1. The fraction of sp³-hybridized carbons (Fsp3) is 0.0870. The molecule has 1 aromatic heterocycles. The summed E-state index contributed by atoms with van der Waals surface area (Å²) < 4.78 is 23.9. The number of halogens is 1. The quantitative estimate of drug-likeness (QED) is 0.402. The van der Waals surface area contributed by atoms with Crippen LogP contribution in [0.2, 0.25) is 0 Å². The monoisotopic (exact) mass is 405 g/mol. The average Bonchev–Trinajstić information content (AvgIpc) is 3.13. The highest BCUT2D eigenvalue weighted by molar-refractivity contribution is 6.11. The molecule has 0 saturated heterocycles. The highest BCUT2D eigenvalue weighted by Crippen LogP contribution is 2.35. The maximum atomic E-state index is 13.4. The number of aromatic nitrogens is 1. The van der Waals surface area contributed by atoms with E-state index >= 15 is 0 Å². The van der Waals surface area contributed by atoms with E-state index in [0.717, 1.165) is 16.5 Å². The Balaban J connectivity index is 1.67. The number of urea groups is 1. The molecule has 7 heteroatoms. The molecule has 2 amide bonds. The van der Waals surface area contributed by atoms with Crippen LogP contribution in [0.15, 0.2) is 66.7 Å². The summed E-state index contributed by atoms with van der Waals surface area (Å²) in [6.07, 6.45) is 0. The molecular weight excluding hydrogens is 385 g/mol. The fourth-order valence-corrected chi connectivity index (χ4v) is 3.27. The molecule has 152 valence electrons. The number of hydrogen-bond donors (Lipinski definition) is 3. The summed E-state index contributed by atoms with van der Waals surface area (Å²) in [6.45, 7) is 0. The van der Waals surface area contributed by atoms with Crippen molar-refractivity contribution in [2.45, 2.75) is 0 Å². The van der Waals surface area contributed by atoms with Crippen LogP contribution in [-0.2, 0) is 0 Å². The number of carbonyl (C=O) groups is 1. The number of methoxy groups -OCH3 is 2. The maximum Gasteiger partial charge on any atom is 0.323 e. The molecule has 0 unspecified atom stereocenters. The number of aromatic amines is 1. The van der Waals surface area contributed by atoms with Gasteiger partial charge in [-0.25, -0.2) is 9.18 Å². The Hall–Kier alpha value is -4.00. The van der Waals surface area contributed by atoms with Gasteiger partial charge >= 0.3 is 6.03 Å². The minimum atomic E-state index is -0.438. The lowest BCUT2D eigenvalue weighted by molar-refractivity contribution is 0.262. The zero-order valence-electron chi connectivity index (χ0n) is 16.5. The lowest BCUT2D eigenvalue weighted by atomic mass is 10.1. The molecule has 4 rings (SSSR count). The molecule has 3 N–H and O–H groups in total. The molecule has 0 bridgehead atoms. The normalized spacial score (nSPS) is 10.6. The molecule has 0 fully saturated rings. The smallest absolute Gasteiger partial charge is 0.323 e. The third-order valence-electron chi connectivity index (χ3n) is 4.73. The maximum absolute atomic E-state index is 13.4. The number of H-pyrrole nitrogens is 1. The molecule has 0 aliphatic heterocycles. The molecule has 0 spiro atoms. The van der Waals surface area contributed by atoms with Crippen LogP contribution in [0.25, 0.3) is 22.2 Å². The standard InChI is InChI=1S/C23H20FN3O3/c1-29-16-11-12-19(20(13-16)30-2)26-23(28)27-22-17-5-3-4-6-18(17)25-21(22)14-7-9-15(24)10-8-14/h3-13,25H,1-2H3,(H2,26,27,28). The topological polar surface area (TPSA) is 75.4 Å². The third kappa shape index (κ3) is 3.77. The Morgan fingerprint density at radius 2 is 1.70 bits per heavy atom. The minimum absolute atomic E-state index is 0.325. The number of ether oxygens (including phenoxy) is 2. The van der Waals surface area contributed by atoms with E-state index in [9.17, 15) is 9.18 Å². The van der Waals surface area contributed by atoms with Crippen molar-refractivity contribution in [1.82, 2.24) is 4.98 Å². The summed E-state index contributed by atoms with van der Waals surface area (Å²) in [4.78, 5) is 16.1. The van der Waals surface area contributed by atoms with Crippen molar-refractivity contribution in [2.24, 2.45) is 0 Å². The van der Waals surface area contributed by atoms with E-state index in [2.05, 4.69) is 15.6 Å². The summed E-state index contributed by atoms with van der Waals surface area (Å²) >= 11 is 0. The Morgan fingerprint density at radius 1 is 0.933 bits per heavy atom. The van der Waals surface area contributed by atoms with Crippen LogP contribution in [0.1, 0.15) is 0 Å². The number of nitrogens with one attached hydrogen (secondary N) is 3. The van der Waals surface area contributed by atoms with Gasteiger partial charge < -0.3 is 25.1 Å². The molecule has 0 aliphatic rings. The van der Waals surface area contributed by atoms with Crippen LogP contribution in [0, 0.1) is 5.82 Å². The average molecular weight is 405 g/mol. The Labute approximate surface area is 172 Å². The molecule has 1 heterocycles. The van der Waals surface area contributed by atoms with Crippen molar-refractivity contribution in [1.29, 1.82) is 0 Å². The third-order valence-corrected chi connectivity index (χ3v) is 4.73. The van der Waals surface area contributed by atoms with E-state index in [4.69, 9.17) is 9.47 Å². The number of carbonyl (C=O) groups excluding carboxylic acids is 1. The Kier molecular flexibility index (Phi) is 5.26. The lowest BCUT2D eigenvalue weighted by Crippen LogP contribution is -2.20. The van der Waals surface area contributed by atoms with E-state index in [1.165, 1.54) is 19.2 Å². The lowest BCUT2D eigenvalue weighted by Gasteiger charge is -2.13. The van der Waals surface area contributed by atoms with Gasteiger partial charge in [0.2, 0.25) is 0 Å². The zero-order valence-corrected chi connectivity index (χ0v) is 16.5. The predicted octanol–water partition coefficient (Wildman–Crippen LogP) is 5.64. The van der Waals surface area contributed by atoms with Gasteiger partial charge in [0.25, 0.3) is 0 Å². The number of para-hydroxylation sites is 1. The number of fused-ring (bicyclic) bond motifs is 1. The van der Waals surface area contributed by atoms with Crippen molar-refractivity contribution in [3.05, 3.63) is 72.5 Å². The summed E-state index contributed by atoms with van der Waals surface area (Å²) in [7, 11) is 3.08. The molecular formula is C23H20FN3O3. The van der Waals surface area contributed by atoms with Crippen LogP contribution in [0.4, 0.5) is 20.6 Å². The van der Waals surface area contributed by atoms with Gasteiger partial charge in [-0.1, -0.05) is 18.2 Å². The summed E-state index contributed by atoms with van der Waals surface area (Å²) in [6, 6.07) is 18.4. The van der Waals surface area contributed by atoms with Crippen LogP contribution in [0.3, 0.4) is 0 Å². The summed E-state index contributed by atoms with van der Waals surface area (Å²) in [5.41, 5.74) is 3.40. The Morgan fingerprint density at radius 3 is 2.43 bits per heavy atom. The molecule has 0 saturated carbocycles. The van der Waals surface area contributed by atoms with E-state index in [1.54, 1.807) is 37.4 Å². The van der Waals surface area contributed by atoms with Crippen LogP contribution < -0.4 is 20.1 Å². The highest BCUT2D eigenvalue weighted by Gasteiger charge is 2.17. The second kappa shape index (κ2) is 8.16. The molecule has 0 aliphatic carbocycles. The number of benzene rings is 3. The first-order valence-electron chi connectivity index (χ1n) is 9.25. The second-order valence-electron chi connectivity index (χ2n) is 6.57. The van der Waals surface area contributed by atoms with Gasteiger partial charge in [0.15, 0.2) is 0 Å². The molecule has 3 aromatic carbocycles. The van der Waals surface area contributed by atoms with Crippen molar-refractivity contribution < 1.29 is 18.7 Å². The van der Waals surface area contributed by atoms with Crippen LogP contribution in [0.5, 0.6) is 11.5 Å². The van der Waals surface area contributed by atoms with Gasteiger partial charge in [-0.3, -0.25) is 0 Å². The molecule has 0 atom stereocenters. The molecule has 0 radical (unpaired) electrons. The first-order valence-corrected chi connectivity index (χ1v) is 9.25. The summed E-state index contributed by atoms with van der Waals surface area (Å²) in [5, 5.41) is 6.55. The fourth-order valence-electron chi connectivity index (χ4n) is 3.27. The van der Waals surface area contributed by atoms with E-state index in [-0.39, 0.29) is 5.82 Å². The van der Waals surface area contributed by atoms with Crippen LogP contribution >= 0.6 is 0 Å². The van der Waals surface area contributed by atoms with E-state index < -0.39 is 6.03 Å². The van der Waals surface area contributed by atoms with E-state index in [1.807, 2.05) is 24.3 Å². The van der Waals surface area contributed by atoms with Crippen molar-refractivity contribution in [3.63, 3.8) is 0 Å². The largest absolute Gasteiger partial charge is 0.497 e. The van der Waals surface area contributed by atoms with Gasteiger partial charge in [0.05, 0.1) is 31.3 Å². The number of amides is 2. The Bertz CT molecular complexity index is 1200. The number of hydrogen-bond acceptors (Lipinski definition) is 3. The van der Waals surface area contributed by atoms with Crippen molar-refractivity contribution in [3.8, 4) is 22.8 Å². The number of anilines is 2. The molecule has 4 aromatic rings. The van der Waals surface area contributed by atoms with Gasteiger partial charge in [0.1, 0.15) is 17.3 Å². The first kappa shape index (κ1) is 19.3. The predicted molar refractivity (Wildman–Crippen MR) is 116 cm³/mol. The van der Waals surface area contributed by atoms with Gasteiger partial charge in [0, 0.05) is 22.5 Å². The van der Waals surface area contributed by atoms with Gasteiger partial charge in [-0.15, -0.1) is 0 Å². The second-order valence-corrected chi connectivity index (χ2v) is 6.57.